The van der Waals surface area contributed by atoms with Crippen molar-refractivity contribution in [2.24, 2.45) is 5.41 Å². The van der Waals surface area contributed by atoms with Gasteiger partial charge in [-0.1, -0.05) is 42.8 Å². The number of terminal acetylenes is 1. The molecule has 1 aliphatic heterocycles. The Morgan fingerprint density at radius 1 is 1.38 bits per heavy atom. The van der Waals surface area contributed by atoms with E-state index in [-0.39, 0.29) is 5.41 Å². The van der Waals surface area contributed by atoms with Crippen molar-refractivity contribution < 1.29 is 4.74 Å². The maximum absolute atomic E-state index is 5.69. The van der Waals surface area contributed by atoms with Crippen LogP contribution in [-0.4, -0.2) is 6.61 Å². The quantitative estimate of drug-likeness (QED) is 0.684. The molecule has 1 heterocycles. The zero-order valence-corrected chi connectivity index (χ0v) is 9.41. The van der Waals surface area contributed by atoms with Crippen LogP contribution in [0.5, 0.6) is 0 Å². The first kappa shape index (κ1) is 10.8. The van der Waals surface area contributed by atoms with Gasteiger partial charge < -0.3 is 4.74 Å². The van der Waals surface area contributed by atoms with Crippen molar-refractivity contribution in [1.82, 2.24) is 0 Å². The van der Waals surface area contributed by atoms with Gasteiger partial charge in [-0.15, -0.1) is 6.42 Å². The third-order valence-corrected chi connectivity index (χ3v) is 3.18. The molecule has 0 aliphatic carbocycles. The van der Waals surface area contributed by atoms with Gasteiger partial charge in [0.1, 0.15) is 5.76 Å². The Bertz CT molecular complexity index is 413. The largest absolute Gasteiger partial charge is 0.497 e. The van der Waals surface area contributed by atoms with Gasteiger partial charge in [0.05, 0.1) is 12.0 Å². The Morgan fingerprint density at radius 3 is 2.75 bits per heavy atom. The number of benzene rings is 1. The first-order valence-corrected chi connectivity index (χ1v) is 5.61. The van der Waals surface area contributed by atoms with E-state index in [1.165, 1.54) is 5.56 Å². The third-order valence-electron chi connectivity index (χ3n) is 3.18. The van der Waals surface area contributed by atoms with Crippen molar-refractivity contribution >= 4 is 0 Å². The smallest absolute Gasteiger partial charge is 0.107 e. The molecular formula is C15H16O. The van der Waals surface area contributed by atoms with Crippen LogP contribution in [0.1, 0.15) is 18.4 Å². The highest BCUT2D eigenvalue weighted by atomic mass is 16.5. The maximum atomic E-state index is 5.69. The minimum absolute atomic E-state index is 0.306. The van der Waals surface area contributed by atoms with Crippen molar-refractivity contribution in [1.29, 1.82) is 0 Å². The molecule has 1 aromatic rings. The van der Waals surface area contributed by atoms with Gasteiger partial charge in [0.25, 0.3) is 0 Å². The van der Waals surface area contributed by atoms with Crippen LogP contribution < -0.4 is 0 Å². The van der Waals surface area contributed by atoms with E-state index in [0.29, 0.717) is 0 Å². The van der Waals surface area contributed by atoms with Gasteiger partial charge in [0, 0.05) is 0 Å². The predicted octanol–water partition coefficient (Wildman–Crippen LogP) is 3.17. The molecule has 1 aromatic carbocycles. The van der Waals surface area contributed by atoms with E-state index < -0.39 is 0 Å². The highest BCUT2D eigenvalue weighted by molar-refractivity contribution is 5.28. The highest BCUT2D eigenvalue weighted by Gasteiger charge is 2.35. The summed E-state index contributed by atoms with van der Waals surface area (Å²) in [7, 11) is 0. The third kappa shape index (κ3) is 1.97. The summed E-state index contributed by atoms with van der Waals surface area (Å²) in [5.74, 6) is 3.65. The Kier molecular flexibility index (Phi) is 3.01. The number of ether oxygens (including phenoxy) is 1. The summed E-state index contributed by atoms with van der Waals surface area (Å²) >= 11 is 0. The molecule has 0 N–H and O–H groups in total. The molecule has 0 bridgehead atoms. The van der Waals surface area contributed by atoms with Crippen molar-refractivity contribution in [2.75, 3.05) is 6.61 Å². The molecule has 1 heteroatoms. The van der Waals surface area contributed by atoms with Crippen LogP contribution in [0.2, 0.25) is 0 Å². The molecule has 0 saturated carbocycles. The maximum Gasteiger partial charge on any atom is 0.107 e. The van der Waals surface area contributed by atoms with Crippen LogP contribution in [0.25, 0.3) is 0 Å². The molecule has 2 rings (SSSR count). The van der Waals surface area contributed by atoms with Crippen molar-refractivity contribution in [3.05, 3.63) is 48.2 Å². The van der Waals surface area contributed by atoms with Crippen LogP contribution >= 0.6 is 0 Å². The van der Waals surface area contributed by atoms with Gasteiger partial charge >= 0.3 is 0 Å². The van der Waals surface area contributed by atoms with Gasteiger partial charge in [-0.2, -0.15) is 0 Å². The average Bonchev–Trinajstić information content (AvgIpc) is 2.34. The summed E-state index contributed by atoms with van der Waals surface area (Å²) in [6, 6.07) is 10.3. The molecule has 16 heavy (non-hydrogen) atoms. The van der Waals surface area contributed by atoms with E-state index in [4.69, 9.17) is 11.2 Å². The van der Waals surface area contributed by atoms with Gasteiger partial charge in [0.2, 0.25) is 0 Å². The first-order chi connectivity index (χ1) is 7.77. The summed E-state index contributed by atoms with van der Waals surface area (Å²) in [5.41, 5.74) is 0.937. The van der Waals surface area contributed by atoms with E-state index in [9.17, 15) is 0 Å². The number of allylic oxidation sites excluding steroid dienone is 1. The lowest BCUT2D eigenvalue weighted by molar-refractivity contribution is 0.0987. The number of hydrogen-bond acceptors (Lipinski definition) is 1. The summed E-state index contributed by atoms with van der Waals surface area (Å²) in [6.07, 6.45) is 8.49. The fraction of sp³-hybridized carbons (Fsp3) is 0.333. The Hall–Kier alpha value is -1.68. The minimum Gasteiger partial charge on any atom is -0.497 e. The Labute approximate surface area is 97.1 Å². The standard InChI is InChI=1S/C15H16O/c1-3-15(10-7-11-16-13(15)2)12-14-8-5-4-6-9-14/h1,4-6,8-9H,2,7,10-12H2. The lowest BCUT2D eigenvalue weighted by Crippen LogP contribution is -2.30. The van der Waals surface area contributed by atoms with Gasteiger partial charge in [0.15, 0.2) is 0 Å². The molecule has 1 nitrogen and oxygen atoms in total. The van der Waals surface area contributed by atoms with Crippen LogP contribution in [-0.2, 0) is 11.2 Å². The van der Waals surface area contributed by atoms with Gasteiger partial charge in [-0.3, -0.25) is 0 Å². The van der Waals surface area contributed by atoms with Crippen LogP contribution in [0.15, 0.2) is 42.7 Å². The SMILES string of the molecule is C#CC1(Cc2ccccc2)CCCOC1=C. The minimum atomic E-state index is -0.306. The van der Waals surface area contributed by atoms with Crippen LogP contribution in [0.4, 0.5) is 0 Å². The molecule has 1 saturated heterocycles. The van der Waals surface area contributed by atoms with E-state index >= 15 is 0 Å². The average molecular weight is 212 g/mol. The summed E-state index contributed by atoms with van der Waals surface area (Å²) < 4.78 is 5.52. The second-order valence-electron chi connectivity index (χ2n) is 4.26. The zero-order valence-electron chi connectivity index (χ0n) is 9.41. The molecule has 0 radical (unpaired) electrons. The number of hydrogen-bond donors (Lipinski definition) is 0. The summed E-state index contributed by atoms with van der Waals surface area (Å²) in [4.78, 5) is 0. The molecule has 1 fully saturated rings. The Balaban J connectivity index is 2.23. The van der Waals surface area contributed by atoms with Crippen molar-refractivity contribution in [3.63, 3.8) is 0 Å². The molecule has 1 unspecified atom stereocenters. The topological polar surface area (TPSA) is 9.23 Å². The molecule has 0 spiro atoms. The molecule has 82 valence electrons. The lowest BCUT2D eigenvalue weighted by Gasteiger charge is -2.34. The first-order valence-electron chi connectivity index (χ1n) is 5.61. The number of rotatable bonds is 2. The van der Waals surface area contributed by atoms with Crippen molar-refractivity contribution in [2.45, 2.75) is 19.3 Å². The monoisotopic (exact) mass is 212 g/mol. The second-order valence-corrected chi connectivity index (χ2v) is 4.26. The predicted molar refractivity (Wildman–Crippen MR) is 65.7 cm³/mol. The van der Waals surface area contributed by atoms with Crippen molar-refractivity contribution in [3.8, 4) is 12.3 Å². The molecular weight excluding hydrogens is 196 g/mol. The van der Waals surface area contributed by atoms with E-state index in [1.54, 1.807) is 0 Å². The van der Waals surface area contributed by atoms with Gasteiger partial charge in [-0.25, -0.2) is 0 Å². The molecule has 0 aromatic heterocycles. The Morgan fingerprint density at radius 2 is 2.12 bits per heavy atom. The van der Waals surface area contributed by atoms with Crippen LogP contribution in [0, 0.1) is 17.8 Å². The normalized spacial score (nSPS) is 24.6. The summed E-state index contributed by atoms with van der Waals surface area (Å²) in [6.45, 7) is 4.72. The fourth-order valence-electron chi connectivity index (χ4n) is 2.18. The fourth-order valence-corrected chi connectivity index (χ4v) is 2.18. The van der Waals surface area contributed by atoms with Crippen LogP contribution in [0.3, 0.4) is 0 Å². The van der Waals surface area contributed by atoms with E-state index in [1.807, 2.05) is 18.2 Å². The zero-order chi connectivity index (χ0) is 11.4. The highest BCUT2D eigenvalue weighted by Crippen LogP contribution is 2.38. The second kappa shape index (κ2) is 4.45. The summed E-state index contributed by atoms with van der Waals surface area (Å²) in [5, 5.41) is 0. The molecule has 1 atom stereocenters. The van der Waals surface area contributed by atoms with E-state index in [2.05, 4.69) is 24.6 Å². The molecule has 0 amide bonds. The van der Waals surface area contributed by atoms with Gasteiger partial charge in [-0.05, 0) is 24.8 Å². The molecule has 1 aliphatic rings. The van der Waals surface area contributed by atoms with E-state index in [0.717, 1.165) is 31.6 Å². The lowest BCUT2D eigenvalue weighted by atomic mass is 9.76.